The summed E-state index contributed by atoms with van der Waals surface area (Å²) in [5.74, 6) is 0.236. The van der Waals surface area contributed by atoms with Crippen molar-refractivity contribution in [2.45, 2.75) is 26.0 Å². The second-order valence-electron chi connectivity index (χ2n) is 4.75. The van der Waals surface area contributed by atoms with Crippen LogP contribution in [-0.4, -0.2) is 31.0 Å². The van der Waals surface area contributed by atoms with Crippen LogP contribution in [0.2, 0.25) is 0 Å². The van der Waals surface area contributed by atoms with Crippen molar-refractivity contribution in [1.82, 2.24) is 25.4 Å². The predicted octanol–water partition coefficient (Wildman–Crippen LogP) is 0.0438. The van der Waals surface area contributed by atoms with Crippen LogP contribution in [0.4, 0.5) is 5.82 Å². The minimum atomic E-state index is -1.08. The molecule has 2 heterocycles. The van der Waals surface area contributed by atoms with Gasteiger partial charge in [-0.2, -0.15) is 0 Å². The van der Waals surface area contributed by atoms with Crippen LogP contribution >= 0.6 is 0 Å². The molecule has 0 unspecified atom stereocenters. The van der Waals surface area contributed by atoms with Crippen LogP contribution < -0.4 is 10.9 Å². The molecule has 0 atom stereocenters. The molecule has 0 saturated heterocycles. The van der Waals surface area contributed by atoms with Crippen molar-refractivity contribution in [3.63, 3.8) is 0 Å². The lowest BCUT2D eigenvalue weighted by molar-refractivity contribution is -0.121. The summed E-state index contributed by atoms with van der Waals surface area (Å²) in [4.78, 5) is 15.7. The maximum absolute atomic E-state index is 11.7. The molecule has 0 aromatic carbocycles. The molecule has 2 rings (SSSR count). The van der Waals surface area contributed by atoms with Gasteiger partial charge in [-0.25, -0.2) is 9.67 Å². The average Bonchev–Trinajstić information content (AvgIpc) is 2.86. The van der Waals surface area contributed by atoms with Crippen molar-refractivity contribution in [1.29, 1.82) is 0 Å². The van der Waals surface area contributed by atoms with E-state index < -0.39 is 5.60 Å². The van der Waals surface area contributed by atoms with Gasteiger partial charge in [0, 0.05) is 6.20 Å². The van der Waals surface area contributed by atoms with E-state index in [1.165, 1.54) is 10.9 Å². The Labute approximate surface area is 115 Å². The van der Waals surface area contributed by atoms with Crippen LogP contribution in [-0.2, 0) is 16.9 Å². The van der Waals surface area contributed by atoms with Crippen LogP contribution in [0.15, 0.2) is 30.6 Å². The lowest BCUT2D eigenvalue weighted by atomic mass is 10.1. The summed E-state index contributed by atoms with van der Waals surface area (Å²) in [6, 6.07) is 5.30. The van der Waals surface area contributed by atoms with Crippen molar-refractivity contribution >= 4 is 11.7 Å². The predicted molar refractivity (Wildman–Crippen MR) is 71.3 cm³/mol. The summed E-state index contributed by atoms with van der Waals surface area (Å²) < 4.78 is 1.35. The van der Waals surface area contributed by atoms with Crippen molar-refractivity contribution in [2.75, 3.05) is 5.43 Å². The van der Waals surface area contributed by atoms with E-state index in [2.05, 4.69) is 26.1 Å². The van der Waals surface area contributed by atoms with Gasteiger partial charge in [-0.15, -0.1) is 5.10 Å². The lowest BCUT2D eigenvalue weighted by Crippen LogP contribution is -2.33. The molecule has 3 N–H and O–H groups in total. The molecule has 0 bridgehead atoms. The highest BCUT2D eigenvalue weighted by atomic mass is 16.3. The van der Waals surface area contributed by atoms with Gasteiger partial charge in [0.05, 0.1) is 6.20 Å². The molecular formula is C12H16N6O2. The van der Waals surface area contributed by atoms with Crippen molar-refractivity contribution in [3.8, 4) is 0 Å². The summed E-state index contributed by atoms with van der Waals surface area (Å²) in [6.07, 6.45) is 3.14. The zero-order valence-corrected chi connectivity index (χ0v) is 11.2. The van der Waals surface area contributed by atoms with Gasteiger partial charge < -0.3 is 5.11 Å². The van der Waals surface area contributed by atoms with Gasteiger partial charge in [0.25, 0.3) is 5.91 Å². The third-order valence-corrected chi connectivity index (χ3v) is 2.47. The fraction of sp³-hybridized carbons (Fsp3) is 0.333. The maximum atomic E-state index is 11.7. The van der Waals surface area contributed by atoms with Crippen LogP contribution in [0.3, 0.4) is 0 Å². The number of hydrogen-bond donors (Lipinski definition) is 3. The Kier molecular flexibility index (Phi) is 3.94. The number of hydrogen-bond acceptors (Lipinski definition) is 6. The second kappa shape index (κ2) is 5.66. The molecule has 0 fully saturated rings. The summed E-state index contributed by atoms with van der Waals surface area (Å²) in [5.41, 5.74) is 4.50. The van der Waals surface area contributed by atoms with Crippen molar-refractivity contribution in [2.24, 2.45) is 0 Å². The molecule has 0 aliphatic carbocycles. The molecule has 0 aliphatic rings. The molecule has 0 aliphatic heterocycles. The number of aromatic nitrogens is 4. The maximum Gasteiger partial charge on any atom is 0.260 e. The third-order valence-electron chi connectivity index (χ3n) is 2.47. The molecule has 0 radical (unpaired) electrons. The average molecular weight is 276 g/mol. The first-order valence-corrected chi connectivity index (χ1v) is 6.04. The Balaban J connectivity index is 1.87. The number of carbonyl (C=O) groups excluding carboxylic acids is 1. The van der Waals surface area contributed by atoms with Crippen LogP contribution in [0, 0.1) is 0 Å². The number of aliphatic hydroxyl groups is 1. The van der Waals surface area contributed by atoms with E-state index in [0.29, 0.717) is 11.5 Å². The SMILES string of the molecule is CC(C)(O)c1cn(CC(=O)NNc2ccccn2)nn1. The zero-order valence-electron chi connectivity index (χ0n) is 11.2. The first kappa shape index (κ1) is 13.9. The van der Waals surface area contributed by atoms with E-state index in [0.717, 1.165) is 0 Å². The van der Waals surface area contributed by atoms with Gasteiger partial charge >= 0.3 is 0 Å². The first-order chi connectivity index (χ1) is 9.45. The van der Waals surface area contributed by atoms with Gasteiger partial charge in [0.15, 0.2) is 0 Å². The summed E-state index contributed by atoms with van der Waals surface area (Å²) in [7, 11) is 0. The number of pyridine rings is 1. The molecule has 8 nitrogen and oxygen atoms in total. The third kappa shape index (κ3) is 3.75. The lowest BCUT2D eigenvalue weighted by Gasteiger charge is -2.11. The number of rotatable bonds is 5. The molecule has 106 valence electrons. The minimum Gasteiger partial charge on any atom is -0.384 e. The van der Waals surface area contributed by atoms with Crippen LogP contribution in [0.25, 0.3) is 0 Å². The molecule has 2 aromatic heterocycles. The fourth-order valence-electron chi connectivity index (χ4n) is 1.41. The Morgan fingerprint density at radius 1 is 1.45 bits per heavy atom. The highest BCUT2D eigenvalue weighted by Crippen LogP contribution is 2.15. The molecule has 1 amide bonds. The molecule has 8 heteroatoms. The van der Waals surface area contributed by atoms with E-state index >= 15 is 0 Å². The monoisotopic (exact) mass is 276 g/mol. The first-order valence-electron chi connectivity index (χ1n) is 6.04. The highest BCUT2D eigenvalue weighted by Gasteiger charge is 2.20. The topological polar surface area (TPSA) is 105 Å². The van der Waals surface area contributed by atoms with Gasteiger partial charge in [-0.3, -0.25) is 15.6 Å². The largest absolute Gasteiger partial charge is 0.384 e. The van der Waals surface area contributed by atoms with E-state index in [4.69, 9.17) is 0 Å². The summed E-state index contributed by atoms with van der Waals surface area (Å²) >= 11 is 0. The molecule has 0 saturated carbocycles. The number of nitrogens with one attached hydrogen (secondary N) is 2. The smallest absolute Gasteiger partial charge is 0.260 e. The Hall–Kier alpha value is -2.48. The van der Waals surface area contributed by atoms with Gasteiger partial charge in [0.1, 0.15) is 23.7 Å². The molecule has 0 spiro atoms. The van der Waals surface area contributed by atoms with E-state index in [9.17, 15) is 9.90 Å². The standard InChI is InChI=1S/C12H16N6O2/c1-12(2,20)9-7-18(17-14-9)8-11(19)16-15-10-5-3-4-6-13-10/h3-7,20H,8H2,1-2H3,(H,13,15)(H,16,19). The Morgan fingerprint density at radius 2 is 2.25 bits per heavy atom. The summed E-state index contributed by atoms with van der Waals surface area (Å²) in [5, 5.41) is 17.3. The fourth-order valence-corrected chi connectivity index (χ4v) is 1.41. The molecule has 2 aromatic rings. The van der Waals surface area contributed by atoms with Gasteiger partial charge in [-0.05, 0) is 26.0 Å². The van der Waals surface area contributed by atoms with Crippen molar-refractivity contribution < 1.29 is 9.90 Å². The summed E-state index contributed by atoms with van der Waals surface area (Å²) in [6.45, 7) is 3.19. The van der Waals surface area contributed by atoms with E-state index in [1.54, 1.807) is 38.2 Å². The van der Waals surface area contributed by atoms with Crippen LogP contribution in [0.5, 0.6) is 0 Å². The van der Waals surface area contributed by atoms with Crippen molar-refractivity contribution in [3.05, 3.63) is 36.3 Å². The van der Waals surface area contributed by atoms with Gasteiger partial charge in [-0.1, -0.05) is 11.3 Å². The minimum absolute atomic E-state index is 0.0110. The van der Waals surface area contributed by atoms with Gasteiger partial charge in [0.2, 0.25) is 0 Å². The van der Waals surface area contributed by atoms with E-state index in [1.807, 2.05) is 0 Å². The number of amides is 1. The Bertz CT molecular complexity index is 575. The quantitative estimate of drug-likeness (QED) is 0.666. The number of nitrogens with zero attached hydrogens (tertiary/aromatic N) is 4. The molecular weight excluding hydrogens is 260 g/mol. The van der Waals surface area contributed by atoms with Crippen LogP contribution in [0.1, 0.15) is 19.5 Å². The molecule has 20 heavy (non-hydrogen) atoms. The number of hydrazine groups is 1. The highest BCUT2D eigenvalue weighted by molar-refractivity contribution is 5.76. The normalized spacial score (nSPS) is 11.2. The number of carbonyl (C=O) groups is 1. The second-order valence-corrected chi connectivity index (χ2v) is 4.75. The van der Waals surface area contributed by atoms with E-state index in [-0.39, 0.29) is 12.5 Å². The Morgan fingerprint density at radius 3 is 2.85 bits per heavy atom. The zero-order chi connectivity index (χ0) is 14.6. The number of anilines is 1.